The number of urea groups is 1. The Balaban J connectivity index is 1.78. The minimum atomic E-state index is -0.916. The van der Waals surface area contributed by atoms with E-state index < -0.39 is 12.0 Å². The lowest BCUT2D eigenvalue weighted by Crippen LogP contribution is -2.46. The number of benzene rings is 1. The van der Waals surface area contributed by atoms with Crippen LogP contribution in [0.4, 0.5) is 4.79 Å². The molecule has 1 unspecified atom stereocenters. The molecule has 1 saturated heterocycles. The molecule has 1 fully saturated rings. The van der Waals surface area contributed by atoms with Crippen LogP contribution in [-0.2, 0) is 4.79 Å². The number of rotatable bonds is 5. The van der Waals surface area contributed by atoms with Gasteiger partial charge in [0, 0.05) is 13.1 Å². The topological polar surface area (TPSA) is 69.6 Å². The third-order valence-corrected chi connectivity index (χ3v) is 4.02. The van der Waals surface area contributed by atoms with Gasteiger partial charge in [-0.05, 0) is 30.7 Å². The molecule has 5 nitrogen and oxygen atoms in total. The number of nitrogens with zero attached hydrogens (tertiary/aromatic N) is 1. The lowest BCUT2D eigenvalue weighted by atomic mass is 9.98. The van der Waals surface area contributed by atoms with Gasteiger partial charge in [-0.3, -0.25) is 0 Å². The Morgan fingerprint density at radius 2 is 2.10 bits per heavy atom. The molecule has 1 heterocycles. The summed E-state index contributed by atoms with van der Waals surface area (Å²) in [7, 11) is 0. The van der Waals surface area contributed by atoms with E-state index in [-0.39, 0.29) is 6.03 Å². The minimum Gasteiger partial charge on any atom is -0.480 e. The minimum absolute atomic E-state index is 0.264. The molecule has 21 heavy (non-hydrogen) atoms. The van der Waals surface area contributed by atoms with Crippen molar-refractivity contribution in [2.75, 3.05) is 13.1 Å². The van der Waals surface area contributed by atoms with Gasteiger partial charge in [-0.15, -0.1) is 0 Å². The number of carboxylic acids is 1. The molecule has 1 aliphatic rings. The standard InChI is InChI=1S/C16H22N2O3/c1-12(13-6-3-2-4-7-13)9-10-17-16(21)18-11-5-8-14(18)15(19)20/h2-4,6-7,12,14H,5,8-11H2,1H3,(H,17,21)(H,19,20)/t12?,14-/m1/s1. The quantitative estimate of drug-likeness (QED) is 0.875. The Hall–Kier alpha value is -2.04. The van der Waals surface area contributed by atoms with Gasteiger partial charge in [0.15, 0.2) is 0 Å². The Morgan fingerprint density at radius 1 is 1.38 bits per heavy atom. The summed E-state index contributed by atoms with van der Waals surface area (Å²) in [4.78, 5) is 24.5. The van der Waals surface area contributed by atoms with Crippen LogP contribution < -0.4 is 5.32 Å². The van der Waals surface area contributed by atoms with E-state index in [4.69, 9.17) is 5.11 Å². The highest BCUT2D eigenvalue weighted by atomic mass is 16.4. The third-order valence-electron chi connectivity index (χ3n) is 4.02. The van der Waals surface area contributed by atoms with Crippen LogP contribution in [0, 0.1) is 0 Å². The van der Waals surface area contributed by atoms with Gasteiger partial charge >= 0.3 is 12.0 Å². The number of likely N-dealkylation sites (tertiary alicyclic amines) is 1. The number of carbonyl (C=O) groups excluding carboxylic acids is 1. The lowest BCUT2D eigenvalue weighted by Gasteiger charge is -2.22. The van der Waals surface area contributed by atoms with Crippen LogP contribution in [0.5, 0.6) is 0 Å². The zero-order chi connectivity index (χ0) is 15.2. The highest BCUT2D eigenvalue weighted by molar-refractivity contribution is 5.83. The molecule has 1 aliphatic heterocycles. The van der Waals surface area contributed by atoms with E-state index in [1.807, 2.05) is 18.2 Å². The molecule has 114 valence electrons. The molecule has 2 amide bonds. The molecule has 0 bridgehead atoms. The number of carbonyl (C=O) groups is 2. The molecule has 2 rings (SSSR count). The molecular formula is C16H22N2O3. The van der Waals surface area contributed by atoms with Crippen molar-refractivity contribution in [3.05, 3.63) is 35.9 Å². The van der Waals surface area contributed by atoms with Gasteiger partial charge in [-0.2, -0.15) is 0 Å². The van der Waals surface area contributed by atoms with E-state index in [1.54, 1.807) is 0 Å². The zero-order valence-corrected chi connectivity index (χ0v) is 12.3. The second-order valence-electron chi connectivity index (χ2n) is 5.52. The van der Waals surface area contributed by atoms with Crippen LogP contribution in [0.25, 0.3) is 0 Å². The Morgan fingerprint density at radius 3 is 2.76 bits per heavy atom. The maximum Gasteiger partial charge on any atom is 0.326 e. The van der Waals surface area contributed by atoms with Gasteiger partial charge in [0.1, 0.15) is 6.04 Å². The molecular weight excluding hydrogens is 268 g/mol. The molecule has 0 aromatic heterocycles. The SMILES string of the molecule is CC(CCNC(=O)N1CCC[C@@H]1C(=O)O)c1ccccc1. The average Bonchev–Trinajstić information content (AvgIpc) is 2.97. The van der Waals surface area contributed by atoms with E-state index in [2.05, 4.69) is 24.4 Å². The van der Waals surface area contributed by atoms with Crippen molar-refractivity contribution in [3.8, 4) is 0 Å². The number of aliphatic carboxylic acids is 1. The molecule has 1 aromatic rings. The molecule has 2 N–H and O–H groups in total. The predicted octanol–water partition coefficient (Wildman–Crippen LogP) is 2.44. The normalized spacial score (nSPS) is 19.3. The van der Waals surface area contributed by atoms with Gasteiger partial charge < -0.3 is 15.3 Å². The van der Waals surface area contributed by atoms with Gasteiger partial charge in [-0.1, -0.05) is 37.3 Å². The van der Waals surface area contributed by atoms with E-state index in [0.29, 0.717) is 25.4 Å². The van der Waals surface area contributed by atoms with Gasteiger partial charge in [0.05, 0.1) is 0 Å². The summed E-state index contributed by atoms with van der Waals surface area (Å²) < 4.78 is 0. The smallest absolute Gasteiger partial charge is 0.326 e. The second-order valence-corrected chi connectivity index (χ2v) is 5.52. The number of nitrogens with one attached hydrogen (secondary N) is 1. The first-order valence-electron chi connectivity index (χ1n) is 7.42. The zero-order valence-electron chi connectivity index (χ0n) is 12.3. The maximum atomic E-state index is 12.0. The van der Waals surface area contributed by atoms with Crippen molar-refractivity contribution in [3.63, 3.8) is 0 Å². The Kier molecular flexibility index (Phi) is 5.20. The monoisotopic (exact) mass is 290 g/mol. The summed E-state index contributed by atoms with van der Waals surface area (Å²) >= 11 is 0. The first-order valence-corrected chi connectivity index (χ1v) is 7.42. The van der Waals surface area contributed by atoms with Crippen LogP contribution in [0.2, 0.25) is 0 Å². The maximum absolute atomic E-state index is 12.0. The average molecular weight is 290 g/mol. The predicted molar refractivity (Wildman–Crippen MR) is 80.2 cm³/mol. The number of amides is 2. The summed E-state index contributed by atoms with van der Waals surface area (Å²) in [5, 5.41) is 11.9. The second kappa shape index (κ2) is 7.11. The lowest BCUT2D eigenvalue weighted by molar-refractivity contribution is -0.141. The first-order chi connectivity index (χ1) is 10.1. The van der Waals surface area contributed by atoms with Crippen LogP contribution in [0.15, 0.2) is 30.3 Å². The largest absolute Gasteiger partial charge is 0.480 e. The summed E-state index contributed by atoms with van der Waals surface area (Å²) in [6, 6.07) is 9.22. The van der Waals surface area contributed by atoms with Crippen LogP contribution >= 0.6 is 0 Å². The highest BCUT2D eigenvalue weighted by Crippen LogP contribution is 2.19. The number of carboxylic acid groups (broad SMARTS) is 1. The third kappa shape index (κ3) is 3.97. The Bertz CT molecular complexity index is 490. The van der Waals surface area contributed by atoms with Crippen LogP contribution in [0.1, 0.15) is 37.7 Å². The van der Waals surface area contributed by atoms with Crippen molar-refractivity contribution in [1.82, 2.24) is 10.2 Å². The van der Waals surface area contributed by atoms with E-state index in [0.717, 1.165) is 12.8 Å². The van der Waals surface area contributed by atoms with Crippen LogP contribution in [0.3, 0.4) is 0 Å². The molecule has 5 heteroatoms. The summed E-state index contributed by atoms with van der Waals surface area (Å²) in [6.07, 6.45) is 2.13. The van der Waals surface area contributed by atoms with Crippen molar-refractivity contribution < 1.29 is 14.7 Å². The van der Waals surface area contributed by atoms with Crippen molar-refractivity contribution in [1.29, 1.82) is 0 Å². The van der Waals surface area contributed by atoms with Crippen molar-refractivity contribution in [2.45, 2.75) is 38.1 Å². The molecule has 0 spiro atoms. The highest BCUT2D eigenvalue weighted by Gasteiger charge is 2.33. The fourth-order valence-corrected chi connectivity index (χ4v) is 2.71. The molecule has 0 saturated carbocycles. The van der Waals surface area contributed by atoms with Gasteiger partial charge in [0.25, 0.3) is 0 Å². The Labute approximate surface area is 125 Å². The summed E-state index contributed by atoms with van der Waals surface area (Å²) in [6.45, 7) is 3.20. The van der Waals surface area contributed by atoms with Crippen molar-refractivity contribution >= 4 is 12.0 Å². The first kappa shape index (κ1) is 15.4. The van der Waals surface area contributed by atoms with Gasteiger partial charge in [0.2, 0.25) is 0 Å². The van der Waals surface area contributed by atoms with Gasteiger partial charge in [-0.25, -0.2) is 9.59 Å². The summed E-state index contributed by atoms with van der Waals surface area (Å²) in [5.74, 6) is -0.555. The molecule has 0 radical (unpaired) electrons. The van der Waals surface area contributed by atoms with E-state index in [1.165, 1.54) is 10.5 Å². The fourth-order valence-electron chi connectivity index (χ4n) is 2.71. The summed E-state index contributed by atoms with van der Waals surface area (Å²) in [5.41, 5.74) is 1.25. The number of hydrogen-bond acceptors (Lipinski definition) is 2. The van der Waals surface area contributed by atoms with Crippen LogP contribution in [-0.4, -0.2) is 41.1 Å². The van der Waals surface area contributed by atoms with E-state index in [9.17, 15) is 9.59 Å². The van der Waals surface area contributed by atoms with Crippen molar-refractivity contribution in [2.24, 2.45) is 0 Å². The molecule has 0 aliphatic carbocycles. The molecule has 1 aromatic carbocycles. The number of hydrogen-bond donors (Lipinski definition) is 2. The fraction of sp³-hybridized carbons (Fsp3) is 0.500. The van der Waals surface area contributed by atoms with E-state index >= 15 is 0 Å². The molecule has 2 atom stereocenters.